The van der Waals surface area contributed by atoms with Gasteiger partial charge in [-0.1, -0.05) is 5.16 Å². The van der Waals surface area contributed by atoms with E-state index in [1.165, 1.54) is 6.21 Å². The van der Waals surface area contributed by atoms with E-state index in [1.54, 1.807) is 0 Å². The molecule has 0 atom stereocenters. The van der Waals surface area contributed by atoms with E-state index in [9.17, 15) is 0 Å². The molecule has 8 heavy (non-hydrogen) atoms. The number of rotatable bonds is 4. The van der Waals surface area contributed by atoms with Crippen LogP contribution in [0.1, 0.15) is 6.92 Å². The molecule has 47 valence electrons. The quantitative estimate of drug-likeness (QED) is 0.402. The summed E-state index contributed by atoms with van der Waals surface area (Å²) in [4.78, 5) is 4.60. The van der Waals surface area contributed by atoms with Crippen LogP contribution >= 0.6 is 0 Å². The van der Waals surface area contributed by atoms with Crippen LogP contribution in [0.4, 0.5) is 0 Å². The Morgan fingerprint density at radius 2 is 2.50 bits per heavy atom. The van der Waals surface area contributed by atoms with Crippen LogP contribution in [0.15, 0.2) is 5.16 Å². The fourth-order valence-electron chi connectivity index (χ4n) is 0.210. The summed E-state index contributed by atoms with van der Waals surface area (Å²) in [6.07, 6.45) is 1.51. The Bertz CT molecular complexity index is 55.4. The zero-order valence-electron chi connectivity index (χ0n) is 4.96. The van der Waals surface area contributed by atoms with Gasteiger partial charge in [0.05, 0.1) is 19.9 Å². The second-order valence-corrected chi connectivity index (χ2v) is 1.08. The molecule has 0 spiro atoms. The van der Waals surface area contributed by atoms with Gasteiger partial charge in [0.25, 0.3) is 0 Å². The van der Waals surface area contributed by atoms with Gasteiger partial charge in [-0.3, -0.25) is 0 Å². The van der Waals surface area contributed by atoms with Crippen LogP contribution in [0.2, 0.25) is 0 Å². The van der Waals surface area contributed by atoms with Crippen molar-refractivity contribution in [3.05, 3.63) is 7.11 Å². The number of nitrogens with zero attached hydrogens (tertiary/aromatic N) is 1. The molecule has 0 aliphatic heterocycles. The van der Waals surface area contributed by atoms with Crippen LogP contribution in [0, 0.1) is 7.11 Å². The van der Waals surface area contributed by atoms with E-state index >= 15 is 0 Å². The lowest BCUT2D eigenvalue weighted by Crippen LogP contribution is -1.88. The molecule has 0 saturated carbocycles. The van der Waals surface area contributed by atoms with E-state index in [2.05, 4.69) is 21.8 Å². The summed E-state index contributed by atoms with van der Waals surface area (Å²) >= 11 is 0. The van der Waals surface area contributed by atoms with Crippen molar-refractivity contribution in [3.63, 3.8) is 0 Å². The first-order valence-electron chi connectivity index (χ1n) is 2.42. The number of oxime groups is 1. The zero-order chi connectivity index (χ0) is 6.24. The molecule has 0 fully saturated rings. The molecule has 1 radical (unpaired) electrons. The maximum Gasteiger partial charge on any atom is 0.114 e. The summed E-state index contributed by atoms with van der Waals surface area (Å²) < 4.78 is 4.41. The molecule has 0 rings (SSSR count). The molecule has 0 N–H and O–H groups in total. The molecule has 0 aromatic rings. The molecular formula is C5H10NO2. The summed E-state index contributed by atoms with van der Waals surface area (Å²) in [7, 11) is 3.14. The third-order valence-corrected chi connectivity index (χ3v) is 0.471. The third kappa shape index (κ3) is 5.43. The minimum Gasteiger partial charge on any atom is -0.396 e. The molecule has 0 aromatic heterocycles. The Morgan fingerprint density at radius 1 is 1.75 bits per heavy atom. The van der Waals surface area contributed by atoms with E-state index < -0.39 is 0 Å². The fraction of sp³-hybridized carbons (Fsp3) is 0.600. The maximum atomic E-state index is 4.60. The molecule has 3 nitrogen and oxygen atoms in total. The second-order valence-electron chi connectivity index (χ2n) is 1.08. The smallest absolute Gasteiger partial charge is 0.114 e. The van der Waals surface area contributed by atoms with Crippen LogP contribution in [0.3, 0.4) is 0 Å². The van der Waals surface area contributed by atoms with E-state index in [-0.39, 0.29) is 0 Å². The molecule has 3 heteroatoms. The molecule has 0 aliphatic rings. The first-order chi connectivity index (χ1) is 3.91. The molecule has 0 amide bonds. The van der Waals surface area contributed by atoms with Gasteiger partial charge >= 0.3 is 0 Å². The Morgan fingerprint density at radius 3 is 3.00 bits per heavy atom. The van der Waals surface area contributed by atoms with Crippen molar-refractivity contribution >= 4 is 6.21 Å². The van der Waals surface area contributed by atoms with E-state index in [0.29, 0.717) is 13.2 Å². The molecular weight excluding hydrogens is 106 g/mol. The largest absolute Gasteiger partial charge is 0.396 e. The first-order valence-corrected chi connectivity index (χ1v) is 2.42. The highest BCUT2D eigenvalue weighted by Gasteiger charge is 1.71. The maximum absolute atomic E-state index is 4.60. The normalized spacial score (nSPS) is 10.2. The summed E-state index contributed by atoms with van der Waals surface area (Å²) in [6.45, 7) is 2.86. The average Bonchev–Trinajstić information content (AvgIpc) is 1.81. The molecule has 0 unspecified atom stereocenters. The Kier molecular flexibility index (Phi) is 5.97. The topological polar surface area (TPSA) is 30.8 Å². The van der Waals surface area contributed by atoms with Crippen molar-refractivity contribution < 1.29 is 9.57 Å². The number of hydrogen-bond acceptors (Lipinski definition) is 3. The Labute approximate surface area is 49.3 Å². The first kappa shape index (κ1) is 7.43. The number of hydrogen-bond donors (Lipinski definition) is 0. The van der Waals surface area contributed by atoms with Crippen molar-refractivity contribution in [1.29, 1.82) is 0 Å². The average molecular weight is 116 g/mol. The van der Waals surface area contributed by atoms with Gasteiger partial charge in [-0.15, -0.1) is 0 Å². The van der Waals surface area contributed by atoms with E-state index in [1.807, 2.05) is 6.92 Å². The summed E-state index contributed by atoms with van der Waals surface area (Å²) in [5.41, 5.74) is 0. The van der Waals surface area contributed by atoms with Crippen molar-refractivity contribution in [2.24, 2.45) is 5.16 Å². The van der Waals surface area contributed by atoms with Gasteiger partial charge in [-0.25, -0.2) is 0 Å². The minimum atomic E-state index is 0.403. The predicted octanol–water partition coefficient (Wildman–Crippen LogP) is 0.817. The van der Waals surface area contributed by atoms with Gasteiger partial charge in [0.2, 0.25) is 0 Å². The fourth-order valence-corrected chi connectivity index (χ4v) is 0.210. The Hall–Kier alpha value is -0.570. The van der Waals surface area contributed by atoms with Crippen molar-refractivity contribution in [3.8, 4) is 0 Å². The summed E-state index contributed by atoms with van der Waals surface area (Å²) in [5.74, 6) is 0. The SMILES string of the molecule is [CH2]OCC=NOCC. The van der Waals surface area contributed by atoms with Gasteiger partial charge in [0.15, 0.2) is 0 Å². The van der Waals surface area contributed by atoms with Gasteiger partial charge in [-0.05, 0) is 6.92 Å². The molecule has 0 heterocycles. The standard InChI is InChI=1S/C5H10NO2/c1-3-8-6-4-5-7-2/h4H,2-3,5H2,1H3. The molecule has 0 bridgehead atoms. The van der Waals surface area contributed by atoms with Crippen molar-refractivity contribution in [2.45, 2.75) is 6.92 Å². The second kappa shape index (κ2) is 6.43. The lowest BCUT2D eigenvalue weighted by Gasteiger charge is -1.88. The zero-order valence-corrected chi connectivity index (χ0v) is 4.96. The van der Waals surface area contributed by atoms with E-state index in [0.717, 1.165) is 0 Å². The predicted molar refractivity (Wildman–Crippen MR) is 31.4 cm³/mol. The summed E-state index contributed by atoms with van der Waals surface area (Å²) in [6, 6.07) is 0. The van der Waals surface area contributed by atoms with Crippen LogP contribution in [-0.4, -0.2) is 19.4 Å². The molecule has 0 aromatic carbocycles. The van der Waals surface area contributed by atoms with Gasteiger partial charge in [-0.2, -0.15) is 0 Å². The van der Waals surface area contributed by atoms with Crippen LogP contribution in [-0.2, 0) is 9.57 Å². The lowest BCUT2D eigenvalue weighted by atomic mass is 10.8. The van der Waals surface area contributed by atoms with Crippen LogP contribution < -0.4 is 0 Å². The van der Waals surface area contributed by atoms with Crippen LogP contribution in [0.25, 0.3) is 0 Å². The van der Waals surface area contributed by atoms with Gasteiger partial charge < -0.3 is 9.57 Å². The lowest BCUT2D eigenvalue weighted by molar-refractivity contribution is 0.157. The minimum absolute atomic E-state index is 0.403. The third-order valence-electron chi connectivity index (χ3n) is 0.471. The monoisotopic (exact) mass is 116 g/mol. The number of ether oxygens (including phenoxy) is 1. The highest BCUT2D eigenvalue weighted by Crippen LogP contribution is 1.71. The van der Waals surface area contributed by atoms with Gasteiger partial charge in [0, 0.05) is 0 Å². The van der Waals surface area contributed by atoms with Gasteiger partial charge in [0.1, 0.15) is 6.61 Å². The van der Waals surface area contributed by atoms with Crippen LogP contribution in [0.5, 0.6) is 0 Å². The highest BCUT2D eigenvalue weighted by molar-refractivity contribution is 5.57. The van der Waals surface area contributed by atoms with Crippen molar-refractivity contribution in [2.75, 3.05) is 13.2 Å². The van der Waals surface area contributed by atoms with Crippen molar-refractivity contribution in [1.82, 2.24) is 0 Å². The van der Waals surface area contributed by atoms with E-state index in [4.69, 9.17) is 0 Å². The molecule has 0 saturated heterocycles. The summed E-state index contributed by atoms with van der Waals surface area (Å²) in [5, 5.41) is 3.49. The Balaban J connectivity index is 2.83. The molecule has 0 aliphatic carbocycles. The highest BCUT2D eigenvalue weighted by atomic mass is 16.6.